The molecule has 1 fully saturated rings. The number of anilines is 3. The molecule has 2 amide bonds. The van der Waals surface area contributed by atoms with E-state index in [1.807, 2.05) is 31.3 Å². The van der Waals surface area contributed by atoms with Crippen molar-refractivity contribution < 1.29 is 14.3 Å². The molecular weight excluding hydrogens is 432 g/mol. The van der Waals surface area contributed by atoms with Gasteiger partial charge in [0.25, 0.3) is 0 Å². The van der Waals surface area contributed by atoms with E-state index < -0.39 is 0 Å². The van der Waals surface area contributed by atoms with Gasteiger partial charge < -0.3 is 24.6 Å². The fourth-order valence-corrected chi connectivity index (χ4v) is 4.48. The van der Waals surface area contributed by atoms with Crippen molar-refractivity contribution in [1.82, 2.24) is 14.8 Å². The van der Waals surface area contributed by atoms with Gasteiger partial charge in [-0.25, -0.2) is 9.78 Å². The Morgan fingerprint density at radius 1 is 1.03 bits per heavy atom. The van der Waals surface area contributed by atoms with Crippen LogP contribution in [0.5, 0.6) is 11.5 Å². The number of benzene rings is 1. The minimum Gasteiger partial charge on any atom is -0.497 e. The van der Waals surface area contributed by atoms with Crippen molar-refractivity contribution in [2.75, 3.05) is 82.2 Å². The summed E-state index contributed by atoms with van der Waals surface area (Å²) >= 11 is 0. The van der Waals surface area contributed by atoms with Crippen LogP contribution in [0.4, 0.5) is 22.0 Å². The van der Waals surface area contributed by atoms with Crippen LogP contribution < -0.4 is 24.6 Å². The highest BCUT2D eigenvalue weighted by Crippen LogP contribution is 2.35. The summed E-state index contributed by atoms with van der Waals surface area (Å²) < 4.78 is 10.8. The normalized spacial score (nSPS) is 17.0. The van der Waals surface area contributed by atoms with Gasteiger partial charge in [0.15, 0.2) is 0 Å². The van der Waals surface area contributed by atoms with Crippen LogP contribution >= 0.6 is 0 Å². The van der Waals surface area contributed by atoms with E-state index in [1.165, 1.54) is 0 Å². The fourth-order valence-electron chi connectivity index (χ4n) is 4.48. The van der Waals surface area contributed by atoms with Gasteiger partial charge in [-0.05, 0) is 26.9 Å². The average molecular weight is 469 g/mol. The van der Waals surface area contributed by atoms with Crippen LogP contribution in [-0.4, -0.2) is 87.9 Å². The highest BCUT2D eigenvalue weighted by molar-refractivity contribution is 6.06. The predicted molar refractivity (Wildman–Crippen MR) is 135 cm³/mol. The molecule has 3 heterocycles. The Morgan fingerprint density at radius 2 is 1.74 bits per heavy atom. The van der Waals surface area contributed by atoms with E-state index >= 15 is 0 Å². The van der Waals surface area contributed by atoms with Crippen molar-refractivity contribution >= 4 is 23.2 Å². The van der Waals surface area contributed by atoms with E-state index in [4.69, 9.17) is 9.47 Å². The smallest absolute Gasteiger partial charge is 0.329 e. The topological polar surface area (TPSA) is 73.4 Å². The van der Waals surface area contributed by atoms with Crippen LogP contribution in [0.15, 0.2) is 30.5 Å². The molecular formula is C25H36N6O3. The van der Waals surface area contributed by atoms with Crippen LogP contribution in [0.1, 0.15) is 18.9 Å². The van der Waals surface area contributed by atoms with Gasteiger partial charge in [-0.1, -0.05) is 0 Å². The summed E-state index contributed by atoms with van der Waals surface area (Å²) in [4.78, 5) is 26.5. The van der Waals surface area contributed by atoms with Gasteiger partial charge in [-0.15, -0.1) is 0 Å². The molecule has 0 radical (unpaired) electrons. The highest BCUT2D eigenvalue weighted by atomic mass is 16.5. The standard InChI is InChI=1S/C25H36N6O3/c1-5-30-23-16-24(26-7-6-8-29-11-9-28(2)10-12-29)27-17-19(23)18-31(25(30)32)20-13-21(33-3)15-22(14-20)34-4/h13-17H,5-12,18H2,1-4H3,(H,26,27). The average Bonchev–Trinajstić information content (AvgIpc) is 2.87. The molecule has 2 aliphatic rings. The zero-order valence-corrected chi connectivity index (χ0v) is 20.7. The van der Waals surface area contributed by atoms with Crippen LogP contribution in [0.3, 0.4) is 0 Å². The zero-order valence-electron chi connectivity index (χ0n) is 20.7. The second-order valence-corrected chi connectivity index (χ2v) is 8.81. The SMILES string of the molecule is CCN1C(=O)N(c2cc(OC)cc(OC)c2)Cc2cnc(NCCCN3CCN(C)CC3)cc21. The largest absolute Gasteiger partial charge is 0.497 e. The first-order valence-corrected chi connectivity index (χ1v) is 12.0. The van der Waals surface area contributed by atoms with Gasteiger partial charge >= 0.3 is 6.03 Å². The molecule has 2 aliphatic heterocycles. The summed E-state index contributed by atoms with van der Waals surface area (Å²) in [7, 11) is 5.39. The number of hydrogen-bond acceptors (Lipinski definition) is 7. The Balaban J connectivity index is 1.43. The van der Waals surface area contributed by atoms with Crippen LogP contribution in [0.25, 0.3) is 0 Å². The van der Waals surface area contributed by atoms with Crippen molar-refractivity contribution in [3.8, 4) is 11.5 Å². The van der Waals surface area contributed by atoms with Crippen molar-refractivity contribution in [3.63, 3.8) is 0 Å². The first kappa shape index (κ1) is 24.1. The number of aromatic nitrogens is 1. The molecule has 0 saturated carbocycles. The predicted octanol–water partition coefficient (Wildman–Crippen LogP) is 3.11. The lowest BCUT2D eigenvalue weighted by molar-refractivity contribution is 0.154. The second kappa shape index (κ2) is 10.9. The maximum atomic E-state index is 13.4. The van der Waals surface area contributed by atoms with Gasteiger partial charge in [0.05, 0.1) is 32.1 Å². The number of methoxy groups -OCH3 is 2. The second-order valence-electron chi connectivity index (χ2n) is 8.81. The Morgan fingerprint density at radius 3 is 2.38 bits per heavy atom. The third-order valence-corrected chi connectivity index (χ3v) is 6.56. The quantitative estimate of drug-likeness (QED) is 0.567. The van der Waals surface area contributed by atoms with Crippen molar-refractivity contribution in [3.05, 3.63) is 36.0 Å². The fraction of sp³-hybridized carbons (Fsp3) is 0.520. The lowest BCUT2D eigenvalue weighted by Crippen LogP contribution is -2.47. The molecule has 0 bridgehead atoms. The molecule has 9 nitrogen and oxygen atoms in total. The van der Waals surface area contributed by atoms with Gasteiger partial charge in [-0.3, -0.25) is 9.80 Å². The first-order valence-electron chi connectivity index (χ1n) is 12.0. The molecule has 34 heavy (non-hydrogen) atoms. The minimum atomic E-state index is -0.0717. The minimum absolute atomic E-state index is 0.0717. The van der Waals surface area contributed by atoms with Gasteiger partial charge in [-0.2, -0.15) is 0 Å². The van der Waals surface area contributed by atoms with E-state index in [9.17, 15) is 4.79 Å². The molecule has 1 aromatic carbocycles. The molecule has 0 unspecified atom stereocenters. The molecule has 0 atom stereocenters. The van der Waals surface area contributed by atoms with Crippen molar-refractivity contribution in [2.45, 2.75) is 19.9 Å². The van der Waals surface area contributed by atoms with E-state index in [2.05, 4.69) is 27.1 Å². The van der Waals surface area contributed by atoms with E-state index in [0.29, 0.717) is 24.6 Å². The Bertz CT molecular complexity index is 970. The van der Waals surface area contributed by atoms with E-state index in [1.54, 1.807) is 30.1 Å². The summed E-state index contributed by atoms with van der Waals surface area (Å²) in [5.41, 5.74) is 2.65. The van der Waals surface area contributed by atoms with Crippen LogP contribution in [0, 0.1) is 0 Å². The zero-order chi connectivity index (χ0) is 24.1. The summed E-state index contributed by atoms with van der Waals surface area (Å²) in [5, 5.41) is 3.44. The van der Waals surface area contributed by atoms with E-state index in [-0.39, 0.29) is 6.03 Å². The monoisotopic (exact) mass is 468 g/mol. The number of rotatable bonds is 9. The third-order valence-electron chi connectivity index (χ3n) is 6.56. The van der Waals surface area contributed by atoms with Crippen molar-refractivity contribution in [1.29, 1.82) is 0 Å². The molecule has 0 spiro atoms. The number of carbonyl (C=O) groups is 1. The number of hydrogen-bond donors (Lipinski definition) is 1. The number of pyridine rings is 1. The van der Waals surface area contributed by atoms with Gasteiger partial charge in [0, 0.05) is 75.3 Å². The molecule has 9 heteroatoms. The number of fused-ring (bicyclic) bond motifs is 1. The van der Waals surface area contributed by atoms with E-state index in [0.717, 1.165) is 68.4 Å². The Hall–Kier alpha value is -3.04. The lowest BCUT2D eigenvalue weighted by Gasteiger charge is -2.36. The van der Waals surface area contributed by atoms with Crippen molar-refractivity contribution in [2.24, 2.45) is 0 Å². The first-order chi connectivity index (χ1) is 16.5. The molecule has 4 rings (SSSR count). The molecule has 1 N–H and O–H groups in total. The number of ether oxygens (including phenoxy) is 2. The lowest BCUT2D eigenvalue weighted by atomic mass is 10.1. The summed E-state index contributed by atoms with van der Waals surface area (Å²) in [6, 6.07) is 7.42. The van der Waals surface area contributed by atoms with Gasteiger partial charge in [0.2, 0.25) is 0 Å². The molecule has 184 valence electrons. The third kappa shape index (κ3) is 5.37. The number of urea groups is 1. The van der Waals surface area contributed by atoms with Crippen LogP contribution in [-0.2, 0) is 6.54 Å². The summed E-state index contributed by atoms with van der Waals surface area (Å²) in [6.45, 7) is 9.49. The molecule has 0 aliphatic carbocycles. The maximum Gasteiger partial charge on any atom is 0.329 e. The van der Waals surface area contributed by atoms with Crippen LogP contribution in [0.2, 0.25) is 0 Å². The number of amides is 2. The maximum absolute atomic E-state index is 13.4. The number of piperazine rings is 1. The highest BCUT2D eigenvalue weighted by Gasteiger charge is 2.31. The summed E-state index contributed by atoms with van der Waals surface area (Å²) in [6.07, 6.45) is 2.93. The number of nitrogens with one attached hydrogen (secondary N) is 1. The number of likely N-dealkylation sites (N-methyl/N-ethyl adjacent to an activating group) is 1. The molecule has 1 saturated heterocycles. The van der Waals surface area contributed by atoms with Gasteiger partial charge in [0.1, 0.15) is 17.3 Å². The molecule has 2 aromatic rings. The summed E-state index contributed by atoms with van der Waals surface area (Å²) in [5.74, 6) is 2.09. The Kier molecular flexibility index (Phi) is 7.74. The number of nitrogens with zero attached hydrogens (tertiary/aromatic N) is 5. The Labute approximate surface area is 202 Å². The molecule has 1 aromatic heterocycles. The number of carbonyl (C=O) groups excluding carboxylic acids is 1.